The molecular formula is C16H32N2O3. The van der Waals surface area contributed by atoms with Crippen molar-refractivity contribution < 1.29 is 14.3 Å². The summed E-state index contributed by atoms with van der Waals surface area (Å²) in [6.07, 6.45) is 2.85. The summed E-state index contributed by atoms with van der Waals surface area (Å²) < 4.78 is 11.1. The molecule has 0 radical (unpaired) electrons. The van der Waals surface area contributed by atoms with Gasteiger partial charge in [0.05, 0.1) is 12.1 Å². The monoisotopic (exact) mass is 300 g/mol. The van der Waals surface area contributed by atoms with Crippen LogP contribution in [0.3, 0.4) is 0 Å². The van der Waals surface area contributed by atoms with Gasteiger partial charge in [-0.3, -0.25) is 0 Å². The van der Waals surface area contributed by atoms with Crippen LogP contribution in [0.4, 0.5) is 4.79 Å². The summed E-state index contributed by atoms with van der Waals surface area (Å²) in [4.78, 5) is 12.0. The number of carbonyl (C=O) groups is 1. The molecule has 5 nitrogen and oxygen atoms in total. The summed E-state index contributed by atoms with van der Waals surface area (Å²) in [5.74, 6) is 0.376. The number of unbranched alkanes of at least 4 members (excludes halogenated alkanes) is 1. The Labute approximate surface area is 129 Å². The molecular weight excluding hydrogens is 268 g/mol. The molecule has 0 saturated heterocycles. The van der Waals surface area contributed by atoms with Gasteiger partial charge >= 0.3 is 6.09 Å². The van der Waals surface area contributed by atoms with E-state index < -0.39 is 5.60 Å². The van der Waals surface area contributed by atoms with Crippen LogP contribution < -0.4 is 10.6 Å². The molecule has 0 spiro atoms. The molecule has 0 aromatic rings. The third kappa shape index (κ3) is 6.66. The van der Waals surface area contributed by atoms with Crippen molar-refractivity contribution in [2.24, 2.45) is 5.92 Å². The zero-order valence-electron chi connectivity index (χ0n) is 14.3. The second-order valence-electron chi connectivity index (χ2n) is 6.89. The lowest BCUT2D eigenvalue weighted by Crippen LogP contribution is -2.48. The molecule has 0 heterocycles. The zero-order valence-corrected chi connectivity index (χ0v) is 14.3. The molecule has 2 atom stereocenters. The first-order chi connectivity index (χ1) is 9.83. The van der Waals surface area contributed by atoms with E-state index in [1.807, 2.05) is 20.8 Å². The molecule has 1 saturated carbocycles. The molecule has 1 fully saturated rings. The van der Waals surface area contributed by atoms with E-state index in [1.165, 1.54) is 0 Å². The Bertz CT molecular complexity index is 328. The molecule has 0 aromatic heterocycles. The van der Waals surface area contributed by atoms with Gasteiger partial charge in [0.2, 0.25) is 0 Å². The van der Waals surface area contributed by atoms with E-state index in [1.54, 1.807) is 0 Å². The van der Waals surface area contributed by atoms with Crippen molar-refractivity contribution in [3.8, 4) is 0 Å². The van der Waals surface area contributed by atoms with Gasteiger partial charge in [-0.15, -0.1) is 0 Å². The van der Waals surface area contributed by atoms with Crippen molar-refractivity contribution in [2.45, 2.75) is 65.0 Å². The van der Waals surface area contributed by atoms with Gasteiger partial charge in [0.25, 0.3) is 0 Å². The standard InChI is InChI=1S/C16H32N2O3/c1-6-8-9-20-11-13-10-16(13,12-17-7-2)18-14(19)21-15(3,4)5/h13,17H,6-12H2,1-5H3,(H,18,19)/t13-,16-/m1/s1. The summed E-state index contributed by atoms with van der Waals surface area (Å²) in [6.45, 7) is 13.0. The minimum absolute atomic E-state index is 0.204. The molecule has 21 heavy (non-hydrogen) atoms. The van der Waals surface area contributed by atoms with Crippen LogP contribution in [0.15, 0.2) is 0 Å². The fourth-order valence-corrected chi connectivity index (χ4v) is 2.34. The number of ether oxygens (including phenoxy) is 2. The van der Waals surface area contributed by atoms with Crippen LogP contribution in [0.25, 0.3) is 0 Å². The lowest BCUT2D eigenvalue weighted by atomic mass is 10.2. The van der Waals surface area contributed by atoms with Gasteiger partial charge in [0, 0.05) is 19.1 Å². The van der Waals surface area contributed by atoms with Crippen molar-refractivity contribution >= 4 is 6.09 Å². The summed E-state index contributed by atoms with van der Waals surface area (Å²) in [5.41, 5.74) is -0.671. The predicted molar refractivity (Wildman–Crippen MR) is 84.5 cm³/mol. The lowest BCUT2D eigenvalue weighted by Gasteiger charge is -2.24. The molecule has 1 amide bonds. The molecule has 5 heteroatoms. The van der Waals surface area contributed by atoms with Gasteiger partial charge in [-0.05, 0) is 40.2 Å². The molecule has 1 aliphatic rings. The normalized spacial score (nSPS) is 24.7. The fraction of sp³-hybridized carbons (Fsp3) is 0.938. The molecule has 124 valence electrons. The number of carbonyl (C=O) groups excluding carboxylic acids is 1. The molecule has 1 rings (SSSR count). The molecule has 1 aliphatic carbocycles. The highest BCUT2D eigenvalue weighted by Gasteiger charge is 2.55. The van der Waals surface area contributed by atoms with Gasteiger partial charge < -0.3 is 20.1 Å². The van der Waals surface area contributed by atoms with Crippen molar-refractivity contribution in [2.75, 3.05) is 26.3 Å². The Balaban J connectivity index is 2.44. The van der Waals surface area contributed by atoms with Crippen molar-refractivity contribution in [1.82, 2.24) is 10.6 Å². The SMILES string of the molecule is CCCCOC[C@H]1C[C@]1(CNCC)NC(=O)OC(C)(C)C. The number of hydrogen-bond donors (Lipinski definition) is 2. The fourth-order valence-electron chi connectivity index (χ4n) is 2.34. The second kappa shape index (κ2) is 7.99. The van der Waals surface area contributed by atoms with Crippen LogP contribution in [0.1, 0.15) is 53.9 Å². The van der Waals surface area contributed by atoms with Crippen molar-refractivity contribution in [1.29, 1.82) is 0 Å². The first kappa shape index (κ1) is 18.2. The van der Waals surface area contributed by atoms with Crippen LogP contribution >= 0.6 is 0 Å². The minimum Gasteiger partial charge on any atom is -0.444 e. The highest BCUT2D eigenvalue weighted by atomic mass is 16.6. The lowest BCUT2D eigenvalue weighted by molar-refractivity contribution is 0.0478. The highest BCUT2D eigenvalue weighted by Crippen LogP contribution is 2.43. The number of rotatable bonds is 9. The quantitative estimate of drug-likeness (QED) is 0.643. The highest BCUT2D eigenvalue weighted by molar-refractivity contribution is 5.69. The van der Waals surface area contributed by atoms with Gasteiger partial charge in [-0.1, -0.05) is 20.3 Å². The summed E-state index contributed by atoms with van der Waals surface area (Å²) in [5, 5.41) is 6.37. The van der Waals surface area contributed by atoms with E-state index in [4.69, 9.17) is 9.47 Å². The molecule has 2 N–H and O–H groups in total. The number of likely N-dealkylation sites (N-methyl/N-ethyl adjacent to an activating group) is 1. The van der Waals surface area contributed by atoms with Gasteiger partial charge in [-0.25, -0.2) is 4.79 Å². The zero-order chi connectivity index (χ0) is 15.9. The predicted octanol–water partition coefficient (Wildman–Crippen LogP) is 2.70. The van der Waals surface area contributed by atoms with Gasteiger partial charge in [-0.2, -0.15) is 0 Å². The number of alkyl carbamates (subject to hydrolysis) is 1. The molecule has 0 aromatic carbocycles. The van der Waals surface area contributed by atoms with Gasteiger partial charge in [0.1, 0.15) is 5.60 Å². The Morgan fingerprint density at radius 1 is 1.33 bits per heavy atom. The van der Waals surface area contributed by atoms with Crippen LogP contribution in [0.5, 0.6) is 0 Å². The smallest absolute Gasteiger partial charge is 0.408 e. The van der Waals surface area contributed by atoms with Crippen molar-refractivity contribution in [3.63, 3.8) is 0 Å². The maximum Gasteiger partial charge on any atom is 0.408 e. The molecule has 0 unspecified atom stereocenters. The van der Waals surface area contributed by atoms with Crippen molar-refractivity contribution in [3.05, 3.63) is 0 Å². The number of hydrogen-bond acceptors (Lipinski definition) is 4. The van der Waals surface area contributed by atoms with E-state index in [-0.39, 0.29) is 11.6 Å². The third-order valence-corrected chi connectivity index (χ3v) is 3.63. The first-order valence-electron chi connectivity index (χ1n) is 8.12. The topological polar surface area (TPSA) is 59.6 Å². The van der Waals surface area contributed by atoms with Crippen LogP contribution in [-0.2, 0) is 9.47 Å². The maximum absolute atomic E-state index is 12.0. The number of amides is 1. The Hall–Kier alpha value is -0.810. The van der Waals surface area contributed by atoms with Gasteiger partial charge in [0.15, 0.2) is 0 Å². The van der Waals surface area contributed by atoms with Crippen LogP contribution in [-0.4, -0.2) is 43.5 Å². The van der Waals surface area contributed by atoms with E-state index in [9.17, 15) is 4.79 Å². The van der Waals surface area contributed by atoms with E-state index in [2.05, 4.69) is 24.5 Å². The summed E-state index contributed by atoms with van der Waals surface area (Å²) >= 11 is 0. The van der Waals surface area contributed by atoms with Crippen LogP contribution in [0.2, 0.25) is 0 Å². The first-order valence-corrected chi connectivity index (χ1v) is 8.12. The third-order valence-electron chi connectivity index (χ3n) is 3.63. The summed E-state index contributed by atoms with van der Waals surface area (Å²) in [7, 11) is 0. The Kier molecular flexibility index (Phi) is 6.94. The largest absolute Gasteiger partial charge is 0.444 e. The minimum atomic E-state index is -0.467. The Morgan fingerprint density at radius 2 is 2.05 bits per heavy atom. The van der Waals surface area contributed by atoms with Crippen LogP contribution in [0, 0.1) is 5.92 Å². The second-order valence-corrected chi connectivity index (χ2v) is 6.89. The average molecular weight is 300 g/mol. The molecule has 0 aliphatic heterocycles. The average Bonchev–Trinajstić information content (AvgIpc) is 3.03. The number of nitrogens with one attached hydrogen (secondary N) is 2. The Morgan fingerprint density at radius 3 is 2.62 bits per heavy atom. The van der Waals surface area contributed by atoms with E-state index >= 15 is 0 Å². The van der Waals surface area contributed by atoms with E-state index in [0.29, 0.717) is 12.5 Å². The van der Waals surface area contributed by atoms with E-state index in [0.717, 1.165) is 39.0 Å². The maximum atomic E-state index is 12.0. The molecule has 0 bridgehead atoms. The summed E-state index contributed by atoms with van der Waals surface area (Å²) in [6, 6.07) is 0.